The third-order valence-corrected chi connectivity index (χ3v) is 7.89. The van der Waals surface area contributed by atoms with Crippen molar-refractivity contribution < 1.29 is 14.3 Å². The maximum Gasteiger partial charge on any atom is 0.274 e. The maximum atomic E-state index is 13.1. The number of carbonyl (C=O) groups is 2. The van der Waals surface area contributed by atoms with Crippen molar-refractivity contribution >= 4 is 46.0 Å². The van der Waals surface area contributed by atoms with E-state index in [-0.39, 0.29) is 22.9 Å². The second-order valence-corrected chi connectivity index (χ2v) is 11.2. The van der Waals surface area contributed by atoms with Gasteiger partial charge in [0.1, 0.15) is 23.5 Å². The molecule has 222 valence electrons. The molecule has 11 nitrogen and oxygen atoms in total. The van der Waals surface area contributed by atoms with Crippen molar-refractivity contribution in [3.63, 3.8) is 0 Å². The molecule has 0 bridgehead atoms. The lowest BCUT2D eigenvalue weighted by Gasteiger charge is -2.33. The van der Waals surface area contributed by atoms with Gasteiger partial charge in [-0.25, -0.2) is 9.97 Å². The van der Waals surface area contributed by atoms with Crippen molar-refractivity contribution in [2.45, 2.75) is 25.4 Å². The number of rotatable bonds is 8. The predicted octanol–water partition coefficient (Wildman–Crippen LogP) is 3.94. The second-order valence-electron chi connectivity index (χ2n) is 10.8. The molecule has 43 heavy (non-hydrogen) atoms. The van der Waals surface area contributed by atoms with Crippen LogP contribution in [-0.2, 0) is 16.1 Å². The lowest BCUT2D eigenvalue weighted by Crippen LogP contribution is -2.47. The zero-order chi connectivity index (χ0) is 29.8. The van der Waals surface area contributed by atoms with E-state index in [9.17, 15) is 9.59 Å². The number of H-pyrrole nitrogens is 1. The number of nitrogens with zero attached hydrogens (tertiary/aromatic N) is 5. The van der Waals surface area contributed by atoms with E-state index in [4.69, 9.17) is 16.3 Å². The number of amides is 2. The predicted molar refractivity (Wildman–Crippen MR) is 166 cm³/mol. The monoisotopic (exact) mass is 600 g/mol. The SMILES string of the molecule is C=C(Cl)C(=O)N[C@@H]1CCCN(Cc2ccnc(C(=O)Nc3ccc(-c4cc5c(N6CCOCC6)ncnc5[nH]4)cc3)c2)C1. The van der Waals surface area contributed by atoms with Gasteiger partial charge in [0.2, 0.25) is 0 Å². The molecule has 4 aromatic rings. The Morgan fingerprint density at radius 3 is 2.67 bits per heavy atom. The van der Waals surface area contributed by atoms with E-state index >= 15 is 0 Å². The first-order valence-corrected chi connectivity index (χ1v) is 14.7. The van der Waals surface area contributed by atoms with Gasteiger partial charge < -0.3 is 25.3 Å². The number of likely N-dealkylation sites (tertiary alicyclic amines) is 1. The van der Waals surface area contributed by atoms with E-state index in [1.54, 1.807) is 12.5 Å². The van der Waals surface area contributed by atoms with Crippen LogP contribution < -0.4 is 15.5 Å². The summed E-state index contributed by atoms with van der Waals surface area (Å²) in [5.41, 5.74) is 4.65. The van der Waals surface area contributed by atoms with Gasteiger partial charge in [-0.1, -0.05) is 30.3 Å². The van der Waals surface area contributed by atoms with E-state index in [1.165, 1.54) is 0 Å². The second kappa shape index (κ2) is 12.9. The molecule has 3 aromatic heterocycles. The fourth-order valence-corrected chi connectivity index (χ4v) is 5.63. The highest BCUT2D eigenvalue weighted by molar-refractivity contribution is 6.41. The van der Waals surface area contributed by atoms with E-state index in [1.807, 2.05) is 36.4 Å². The van der Waals surface area contributed by atoms with Crippen LogP contribution in [0.3, 0.4) is 0 Å². The summed E-state index contributed by atoms with van der Waals surface area (Å²) < 4.78 is 5.49. The number of piperidine rings is 1. The normalized spacial score (nSPS) is 17.5. The molecule has 2 aliphatic rings. The molecule has 0 radical (unpaired) electrons. The first-order valence-electron chi connectivity index (χ1n) is 14.3. The molecule has 0 unspecified atom stereocenters. The standard InChI is InChI=1S/C31H33ClN8O3/c1-20(32)30(41)37-24-3-2-10-39(18-24)17-21-8-9-33-27(15-21)31(42)36-23-6-4-22(5-7-23)26-16-25-28(38-26)34-19-35-29(25)40-11-13-43-14-12-40/h4-9,15-16,19,24H,1-3,10-14,17-18H2,(H,36,42)(H,37,41)(H,34,35,38)/t24-/m1/s1. The Morgan fingerprint density at radius 2 is 1.88 bits per heavy atom. The Labute approximate surface area is 254 Å². The fourth-order valence-electron chi connectivity index (χ4n) is 5.57. The summed E-state index contributed by atoms with van der Waals surface area (Å²) in [6.07, 6.45) is 5.07. The van der Waals surface area contributed by atoms with Crippen LogP contribution in [0.15, 0.2) is 66.6 Å². The average Bonchev–Trinajstić information content (AvgIpc) is 3.47. The third kappa shape index (κ3) is 6.85. The van der Waals surface area contributed by atoms with E-state index < -0.39 is 0 Å². The highest BCUT2D eigenvalue weighted by Crippen LogP contribution is 2.30. The molecule has 0 saturated carbocycles. The van der Waals surface area contributed by atoms with E-state index in [0.717, 1.165) is 66.1 Å². The highest BCUT2D eigenvalue weighted by atomic mass is 35.5. The summed E-state index contributed by atoms with van der Waals surface area (Å²) in [5.74, 6) is 0.284. The Balaban J connectivity index is 1.09. The van der Waals surface area contributed by atoms with Crippen molar-refractivity contribution in [1.29, 1.82) is 0 Å². The summed E-state index contributed by atoms with van der Waals surface area (Å²) >= 11 is 5.72. The number of carbonyl (C=O) groups excluding carboxylic acids is 2. The van der Waals surface area contributed by atoms with E-state index in [0.29, 0.717) is 37.7 Å². The summed E-state index contributed by atoms with van der Waals surface area (Å²) in [6, 6.07) is 13.4. The Bertz CT molecular complexity index is 1630. The first-order chi connectivity index (χ1) is 20.9. The number of fused-ring (bicyclic) bond motifs is 1. The smallest absolute Gasteiger partial charge is 0.274 e. The molecule has 5 heterocycles. The number of aromatic nitrogens is 4. The Kier molecular flexibility index (Phi) is 8.64. The highest BCUT2D eigenvalue weighted by Gasteiger charge is 2.22. The first kappa shape index (κ1) is 28.8. The van der Waals surface area contributed by atoms with Gasteiger partial charge in [0.15, 0.2) is 0 Å². The molecule has 1 aromatic carbocycles. The molecule has 3 N–H and O–H groups in total. The van der Waals surface area contributed by atoms with Crippen molar-refractivity contribution in [2.75, 3.05) is 49.6 Å². The van der Waals surface area contributed by atoms with Crippen LogP contribution in [0.25, 0.3) is 22.3 Å². The molecule has 2 amide bonds. The number of aromatic amines is 1. The summed E-state index contributed by atoms with van der Waals surface area (Å²) in [4.78, 5) is 46.1. The minimum atomic E-state index is -0.335. The zero-order valence-electron chi connectivity index (χ0n) is 23.7. The number of halogens is 1. The number of nitrogens with one attached hydrogen (secondary N) is 3. The van der Waals surface area contributed by atoms with Gasteiger partial charge >= 0.3 is 0 Å². The number of anilines is 2. The fraction of sp³-hybridized carbons (Fsp3) is 0.323. The van der Waals surface area contributed by atoms with Crippen molar-refractivity contribution in [2.24, 2.45) is 0 Å². The van der Waals surface area contributed by atoms with Crippen LogP contribution in [0.4, 0.5) is 11.5 Å². The summed E-state index contributed by atoms with van der Waals surface area (Å²) in [7, 11) is 0. The number of morpholine rings is 1. The van der Waals surface area contributed by atoms with Crippen molar-refractivity contribution in [3.8, 4) is 11.3 Å². The molecular weight excluding hydrogens is 568 g/mol. The van der Waals surface area contributed by atoms with Crippen LogP contribution >= 0.6 is 11.6 Å². The van der Waals surface area contributed by atoms with E-state index in [2.05, 4.69) is 53.0 Å². The molecule has 2 fully saturated rings. The number of pyridine rings is 1. The van der Waals surface area contributed by atoms with Gasteiger partial charge in [0.25, 0.3) is 11.8 Å². The van der Waals surface area contributed by atoms with Gasteiger partial charge in [-0.05, 0) is 60.8 Å². The summed E-state index contributed by atoms with van der Waals surface area (Å²) in [6.45, 7) is 8.70. The average molecular weight is 601 g/mol. The van der Waals surface area contributed by atoms with Gasteiger partial charge in [-0.3, -0.25) is 19.5 Å². The van der Waals surface area contributed by atoms with Crippen LogP contribution in [0.2, 0.25) is 0 Å². The molecule has 0 spiro atoms. The van der Waals surface area contributed by atoms with Crippen LogP contribution in [0.5, 0.6) is 0 Å². The number of benzene rings is 1. The third-order valence-electron chi connectivity index (χ3n) is 7.72. The lowest BCUT2D eigenvalue weighted by atomic mass is 10.0. The number of ether oxygens (including phenoxy) is 1. The summed E-state index contributed by atoms with van der Waals surface area (Å²) in [5, 5.41) is 6.83. The van der Waals surface area contributed by atoms with Crippen LogP contribution in [-0.4, -0.2) is 82.1 Å². The number of hydrogen-bond acceptors (Lipinski definition) is 8. The van der Waals surface area contributed by atoms with Gasteiger partial charge in [-0.2, -0.15) is 0 Å². The Morgan fingerprint density at radius 1 is 1.07 bits per heavy atom. The molecular formula is C31H33ClN8O3. The minimum Gasteiger partial charge on any atom is -0.378 e. The van der Waals surface area contributed by atoms with Crippen LogP contribution in [0.1, 0.15) is 28.9 Å². The maximum absolute atomic E-state index is 13.1. The van der Waals surface area contributed by atoms with Gasteiger partial charge in [0.05, 0.1) is 23.6 Å². The topological polar surface area (TPSA) is 128 Å². The minimum absolute atomic E-state index is 0.00782. The number of hydrogen-bond donors (Lipinski definition) is 3. The largest absolute Gasteiger partial charge is 0.378 e. The molecule has 6 rings (SSSR count). The Hall–Kier alpha value is -4.32. The van der Waals surface area contributed by atoms with Crippen LogP contribution in [0, 0.1) is 0 Å². The molecule has 1 atom stereocenters. The zero-order valence-corrected chi connectivity index (χ0v) is 24.4. The van der Waals surface area contributed by atoms with Gasteiger partial charge in [0, 0.05) is 49.8 Å². The molecule has 12 heteroatoms. The van der Waals surface area contributed by atoms with Gasteiger partial charge in [-0.15, -0.1) is 0 Å². The van der Waals surface area contributed by atoms with Crippen molar-refractivity contribution in [1.82, 2.24) is 30.2 Å². The molecule has 0 aliphatic carbocycles. The lowest BCUT2D eigenvalue weighted by molar-refractivity contribution is -0.117. The molecule has 2 aliphatic heterocycles. The van der Waals surface area contributed by atoms with Crippen molar-refractivity contribution in [3.05, 3.63) is 77.9 Å². The quantitative estimate of drug-likeness (QED) is 0.260. The molecule has 2 saturated heterocycles.